The van der Waals surface area contributed by atoms with Crippen molar-refractivity contribution in [3.63, 3.8) is 0 Å². The van der Waals surface area contributed by atoms with E-state index in [9.17, 15) is 4.79 Å². The minimum Gasteiger partial charge on any atom is -0.371 e. The molecular formula is C17H28N4O2. The molecule has 0 aliphatic carbocycles. The average molecular weight is 320 g/mol. The zero-order chi connectivity index (χ0) is 16.4. The van der Waals surface area contributed by atoms with Crippen LogP contribution in [0.4, 0.5) is 0 Å². The topological polar surface area (TPSA) is 50.6 Å². The Hall–Kier alpha value is -1.40. The van der Waals surface area contributed by atoms with Crippen LogP contribution in [0.1, 0.15) is 49.3 Å². The quantitative estimate of drug-likeness (QED) is 0.851. The lowest BCUT2D eigenvalue weighted by molar-refractivity contribution is -0.103. The van der Waals surface area contributed by atoms with Crippen molar-refractivity contribution in [1.29, 1.82) is 0 Å². The molecule has 1 aromatic heterocycles. The van der Waals surface area contributed by atoms with Crippen LogP contribution in [-0.4, -0.2) is 64.4 Å². The fraction of sp³-hybridized carbons (Fsp3) is 0.765. The minimum atomic E-state index is -0.190. The zero-order valence-electron chi connectivity index (χ0n) is 14.5. The molecule has 0 atom stereocenters. The van der Waals surface area contributed by atoms with Crippen LogP contribution in [0.15, 0.2) is 6.07 Å². The molecule has 3 rings (SSSR count). The van der Waals surface area contributed by atoms with Crippen molar-refractivity contribution < 1.29 is 9.53 Å². The molecule has 0 aromatic carbocycles. The highest BCUT2D eigenvalue weighted by Crippen LogP contribution is 2.26. The number of hydrogen-bond acceptors (Lipinski definition) is 4. The Labute approximate surface area is 138 Å². The van der Waals surface area contributed by atoms with E-state index in [-0.39, 0.29) is 11.5 Å². The van der Waals surface area contributed by atoms with Crippen molar-refractivity contribution in [1.82, 2.24) is 19.6 Å². The van der Waals surface area contributed by atoms with E-state index in [0.717, 1.165) is 44.6 Å². The molecule has 2 aliphatic heterocycles. The van der Waals surface area contributed by atoms with E-state index in [1.165, 1.54) is 0 Å². The van der Waals surface area contributed by atoms with Gasteiger partial charge in [-0.2, -0.15) is 5.10 Å². The number of morpholine rings is 1. The van der Waals surface area contributed by atoms with Crippen LogP contribution in [0.3, 0.4) is 0 Å². The smallest absolute Gasteiger partial charge is 0.274 e. The van der Waals surface area contributed by atoms with E-state index in [1.807, 2.05) is 15.6 Å². The summed E-state index contributed by atoms with van der Waals surface area (Å²) in [5.41, 5.74) is 1.53. The lowest BCUT2D eigenvalue weighted by Gasteiger charge is -2.41. The molecule has 0 radical (unpaired) electrons. The first-order chi connectivity index (χ1) is 11.1. The molecule has 1 aromatic rings. The number of amides is 1. The summed E-state index contributed by atoms with van der Waals surface area (Å²) in [6.07, 6.45) is 2.93. The summed E-state index contributed by atoms with van der Waals surface area (Å²) in [4.78, 5) is 17.1. The number of ether oxygens (including phenoxy) is 1. The number of fused-ring (bicyclic) bond motifs is 1. The van der Waals surface area contributed by atoms with Crippen molar-refractivity contribution >= 4 is 5.91 Å². The molecule has 2 aliphatic rings. The van der Waals surface area contributed by atoms with E-state index in [2.05, 4.69) is 30.9 Å². The highest BCUT2D eigenvalue weighted by Gasteiger charge is 2.36. The van der Waals surface area contributed by atoms with E-state index < -0.39 is 0 Å². The number of carbonyl (C=O) groups excluding carboxylic acids is 1. The van der Waals surface area contributed by atoms with Crippen molar-refractivity contribution in [3.8, 4) is 0 Å². The molecule has 0 unspecified atom stereocenters. The number of rotatable bonds is 3. The summed E-state index contributed by atoms with van der Waals surface area (Å²) in [7, 11) is 2.11. The highest BCUT2D eigenvalue weighted by molar-refractivity contribution is 5.92. The third-order valence-corrected chi connectivity index (χ3v) is 5.25. The summed E-state index contributed by atoms with van der Waals surface area (Å²) in [5, 5.41) is 4.58. The Morgan fingerprint density at radius 2 is 2.09 bits per heavy atom. The van der Waals surface area contributed by atoms with E-state index in [0.29, 0.717) is 25.4 Å². The predicted molar refractivity (Wildman–Crippen MR) is 88.3 cm³/mol. The molecule has 0 bridgehead atoms. The van der Waals surface area contributed by atoms with E-state index >= 15 is 0 Å². The van der Waals surface area contributed by atoms with Crippen molar-refractivity contribution in [2.75, 3.05) is 33.3 Å². The maximum Gasteiger partial charge on any atom is 0.274 e. The van der Waals surface area contributed by atoms with Gasteiger partial charge in [-0.3, -0.25) is 9.48 Å². The summed E-state index contributed by atoms with van der Waals surface area (Å²) in [6.45, 7) is 9.03. The van der Waals surface area contributed by atoms with Crippen molar-refractivity contribution in [2.45, 2.75) is 51.8 Å². The van der Waals surface area contributed by atoms with Gasteiger partial charge in [0.05, 0.1) is 24.4 Å². The first-order valence-electron chi connectivity index (χ1n) is 8.75. The van der Waals surface area contributed by atoms with Gasteiger partial charge in [0.25, 0.3) is 5.91 Å². The first kappa shape index (κ1) is 16.5. The highest BCUT2D eigenvalue weighted by atomic mass is 16.5. The second kappa shape index (κ2) is 6.61. The van der Waals surface area contributed by atoms with Gasteiger partial charge in [0.2, 0.25) is 0 Å². The molecule has 6 nitrogen and oxygen atoms in total. The summed E-state index contributed by atoms with van der Waals surface area (Å²) < 4.78 is 7.97. The normalized spacial score (nSPS) is 21.8. The molecule has 0 N–H and O–H groups in total. The van der Waals surface area contributed by atoms with Crippen LogP contribution < -0.4 is 0 Å². The van der Waals surface area contributed by atoms with Crippen LogP contribution in [0.25, 0.3) is 0 Å². The lowest BCUT2D eigenvalue weighted by atomic mass is 9.95. The third kappa shape index (κ3) is 3.28. The minimum absolute atomic E-state index is 0.0443. The van der Waals surface area contributed by atoms with Gasteiger partial charge in [-0.25, -0.2) is 0 Å². The maximum atomic E-state index is 12.9. The molecule has 6 heteroatoms. The van der Waals surface area contributed by atoms with Crippen molar-refractivity contribution in [3.05, 3.63) is 17.5 Å². The Bertz CT molecular complexity index is 565. The van der Waals surface area contributed by atoms with Crippen molar-refractivity contribution in [2.24, 2.45) is 0 Å². The first-order valence-corrected chi connectivity index (χ1v) is 8.75. The molecule has 1 fully saturated rings. The Balaban J connectivity index is 1.77. The van der Waals surface area contributed by atoms with Crippen LogP contribution in [0, 0.1) is 0 Å². The molecule has 23 heavy (non-hydrogen) atoms. The van der Waals surface area contributed by atoms with E-state index in [1.54, 1.807) is 0 Å². The summed E-state index contributed by atoms with van der Waals surface area (Å²) in [5.74, 6) is 0.0443. The summed E-state index contributed by atoms with van der Waals surface area (Å²) >= 11 is 0. The Kier molecular flexibility index (Phi) is 4.73. The van der Waals surface area contributed by atoms with E-state index in [4.69, 9.17) is 4.74 Å². The fourth-order valence-corrected chi connectivity index (χ4v) is 3.58. The second-order valence-electron chi connectivity index (χ2n) is 6.80. The predicted octanol–water partition coefficient (Wildman–Crippen LogP) is 1.75. The van der Waals surface area contributed by atoms with Gasteiger partial charge in [-0.1, -0.05) is 13.8 Å². The van der Waals surface area contributed by atoms with Crippen LogP contribution >= 0.6 is 0 Å². The largest absolute Gasteiger partial charge is 0.371 e. The van der Waals surface area contributed by atoms with Gasteiger partial charge in [0.15, 0.2) is 5.69 Å². The second-order valence-corrected chi connectivity index (χ2v) is 6.80. The summed E-state index contributed by atoms with van der Waals surface area (Å²) in [6, 6.07) is 1.97. The molecule has 0 saturated carbocycles. The van der Waals surface area contributed by atoms with Gasteiger partial charge >= 0.3 is 0 Å². The SMILES string of the molecule is CCC1(CC)CN(C(=O)c2cc3n(n2)CCCN(C)C3)CCO1. The van der Waals surface area contributed by atoms with Gasteiger partial charge in [0, 0.05) is 26.2 Å². The molecule has 1 saturated heterocycles. The molecule has 0 spiro atoms. The van der Waals surface area contributed by atoms with Gasteiger partial charge in [-0.05, 0) is 32.4 Å². The average Bonchev–Trinajstić information content (AvgIpc) is 2.88. The Morgan fingerprint density at radius 3 is 2.83 bits per heavy atom. The van der Waals surface area contributed by atoms with Crippen LogP contribution in [-0.2, 0) is 17.8 Å². The monoisotopic (exact) mass is 320 g/mol. The van der Waals surface area contributed by atoms with Crippen LogP contribution in [0.5, 0.6) is 0 Å². The number of hydrogen-bond donors (Lipinski definition) is 0. The van der Waals surface area contributed by atoms with Gasteiger partial charge in [0.1, 0.15) is 0 Å². The van der Waals surface area contributed by atoms with Gasteiger partial charge < -0.3 is 14.5 Å². The molecular weight excluding hydrogens is 292 g/mol. The molecule has 3 heterocycles. The zero-order valence-corrected chi connectivity index (χ0v) is 14.5. The molecule has 128 valence electrons. The van der Waals surface area contributed by atoms with Crippen LogP contribution in [0.2, 0.25) is 0 Å². The number of nitrogens with zero attached hydrogens (tertiary/aromatic N) is 4. The fourth-order valence-electron chi connectivity index (χ4n) is 3.58. The number of carbonyl (C=O) groups is 1. The Morgan fingerprint density at radius 1 is 1.30 bits per heavy atom. The lowest BCUT2D eigenvalue weighted by Crippen LogP contribution is -2.53. The standard InChI is InChI=1S/C17H28N4O2/c1-4-17(5-2)13-20(9-10-23-17)16(22)15-11-14-12-19(3)7-6-8-21(14)18-15/h11H,4-10,12-13H2,1-3H3. The maximum absolute atomic E-state index is 12.9. The number of aryl methyl sites for hydroxylation is 1. The number of aromatic nitrogens is 2. The third-order valence-electron chi connectivity index (χ3n) is 5.25. The molecule has 1 amide bonds. The van der Waals surface area contributed by atoms with Gasteiger partial charge in [-0.15, -0.1) is 0 Å².